The number of amides is 1. The van der Waals surface area contributed by atoms with Crippen LogP contribution >= 0.6 is 0 Å². The highest BCUT2D eigenvalue weighted by atomic mass is 19.4. The van der Waals surface area contributed by atoms with Gasteiger partial charge in [0, 0.05) is 25.5 Å². The molecule has 1 saturated heterocycles. The molecule has 3 unspecified atom stereocenters. The zero-order valence-electron chi connectivity index (χ0n) is 11.5. The molecule has 6 nitrogen and oxygen atoms in total. The maximum Gasteiger partial charge on any atom is 0.419 e. The molecule has 0 spiro atoms. The number of piperidine rings is 1. The van der Waals surface area contributed by atoms with Gasteiger partial charge in [0.25, 0.3) is 0 Å². The van der Waals surface area contributed by atoms with Crippen LogP contribution in [0, 0.1) is 11.8 Å². The molecule has 0 aromatic carbocycles. The molecule has 9 heteroatoms. The Morgan fingerprint density at radius 1 is 1.32 bits per heavy atom. The van der Waals surface area contributed by atoms with Crippen LogP contribution in [0.4, 0.5) is 23.9 Å². The van der Waals surface area contributed by atoms with E-state index < -0.39 is 17.8 Å². The van der Waals surface area contributed by atoms with Crippen LogP contribution in [-0.2, 0) is 6.18 Å². The summed E-state index contributed by atoms with van der Waals surface area (Å²) in [6.07, 6.45) is -2.19. The van der Waals surface area contributed by atoms with Gasteiger partial charge in [0.15, 0.2) is 0 Å². The number of hydrogen-bond donors (Lipinski definition) is 2. The molecule has 120 valence electrons. The largest absolute Gasteiger partial charge is 0.465 e. The van der Waals surface area contributed by atoms with E-state index in [9.17, 15) is 23.1 Å². The number of carbonyl (C=O) groups is 1. The van der Waals surface area contributed by atoms with Gasteiger partial charge in [-0.25, -0.2) is 14.8 Å². The number of fused-ring (bicyclic) bond motifs is 1. The van der Waals surface area contributed by atoms with E-state index in [2.05, 4.69) is 15.3 Å². The van der Waals surface area contributed by atoms with Gasteiger partial charge in [-0.3, -0.25) is 0 Å². The maximum atomic E-state index is 12.4. The SMILES string of the molecule is O=C(O)N1CC2CC2CC1CNc1ncc(C(F)(F)F)cn1. The van der Waals surface area contributed by atoms with Gasteiger partial charge < -0.3 is 15.3 Å². The zero-order valence-corrected chi connectivity index (χ0v) is 11.5. The molecule has 1 saturated carbocycles. The van der Waals surface area contributed by atoms with Gasteiger partial charge in [-0.1, -0.05) is 0 Å². The molecular weight excluding hydrogens is 301 g/mol. The molecular formula is C13H15F3N4O2. The van der Waals surface area contributed by atoms with Gasteiger partial charge in [-0.15, -0.1) is 0 Å². The van der Waals surface area contributed by atoms with E-state index in [0.717, 1.165) is 12.8 Å². The van der Waals surface area contributed by atoms with Gasteiger partial charge in [0.1, 0.15) is 0 Å². The minimum Gasteiger partial charge on any atom is -0.465 e. The van der Waals surface area contributed by atoms with E-state index in [1.54, 1.807) is 0 Å². The average molecular weight is 316 g/mol. The van der Waals surface area contributed by atoms with Gasteiger partial charge in [0.05, 0.1) is 11.6 Å². The Kier molecular flexibility index (Phi) is 3.57. The molecule has 0 radical (unpaired) electrons. The first kappa shape index (κ1) is 14.9. The molecule has 1 amide bonds. The molecule has 3 atom stereocenters. The third-order valence-electron chi connectivity index (χ3n) is 4.24. The van der Waals surface area contributed by atoms with Crippen LogP contribution in [0.2, 0.25) is 0 Å². The van der Waals surface area contributed by atoms with Crippen LogP contribution in [0.15, 0.2) is 12.4 Å². The topological polar surface area (TPSA) is 78.4 Å². The molecule has 2 heterocycles. The van der Waals surface area contributed by atoms with Crippen LogP contribution in [0.1, 0.15) is 18.4 Å². The molecule has 1 aromatic rings. The van der Waals surface area contributed by atoms with Crippen molar-refractivity contribution in [2.45, 2.75) is 25.1 Å². The Morgan fingerprint density at radius 3 is 2.59 bits per heavy atom. The molecule has 1 aliphatic heterocycles. The summed E-state index contributed by atoms with van der Waals surface area (Å²) in [7, 11) is 0. The van der Waals surface area contributed by atoms with Crippen LogP contribution in [0.25, 0.3) is 0 Å². The third-order valence-corrected chi connectivity index (χ3v) is 4.24. The van der Waals surface area contributed by atoms with Crippen molar-refractivity contribution in [3.05, 3.63) is 18.0 Å². The quantitative estimate of drug-likeness (QED) is 0.894. The number of aromatic nitrogens is 2. The molecule has 1 aromatic heterocycles. The van der Waals surface area contributed by atoms with Crippen molar-refractivity contribution in [1.29, 1.82) is 0 Å². The normalized spacial score (nSPS) is 27.2. The number of anilines is 1. The fourth-order valence-electron chi connectivity index (χ4n) is 2.90. The minimum atomic E-state index is -4.47. The predicted molar refractivity (Wildman–Crippen MR) is 70.3 cm³/mol. The Labute approximate surface area is 124 Å². The third kappa shape index (κ3) is 3.07. The van der Waals surface area contributed by atoms with Gasteiger partial charge in [-0.05, 0) is 24.7 Å². The second-order valence-corrected chi connectivity index (χ2v) is 5.75. The van der Waals surface area contributed by atoms with Crippen molar-refractivity contribution in [1.82, 2.24) is 14.9 Å². The summed E-state index contributed by atoms with van der Waals surface area (Å²) in [4.78, 5) is 19.9. The van der Waals surface area contributed by atoms with Crippen molar-refractivity contribution in [3.63, 3.8) is 0 Å². The van der Waals surface area contributed by atoms with Crippen LogP contribution in [0.3, 0.4) is 0 Å². The number of nitrogens with one attached hydrogen (secondary N) is 1. The number of carboxylic acid groups (broad SMARTS) is 1. The first-order valence-electron chi connectivity index (χ1n) is 6.97. The molecule has 2 aliphatic rings. The Bertz CT molecular complexity index is 563. The summed E-state index contributed by atoms with van der Waals surface area (Å²) in [5.41, 5.74) is -0.913. The summed E-state index contributed by atoms with van der Waals surface area (Å²) >= 11 is 0. The Hall–Kier alpha value is -2.06. The van der Waals surface area contributed by atoms with Crippen molar-refractivity contribution in [3.8, 4) is 0 Å². The smallest absolute Gasteiger partial charge is 0.419 e. The van der Waals surface area contributed by atoms with Gasteiger partial charge in [-0.2, -0.15) is 13.2 Å². The summed E-state index contributed by atoms with van der Waals surface area (Å²) in [6, 6.07) is -0.202. The number of nitrogens with zero attached hydrogens (tertiary/aromatic N) is 3. The summed E-state index contributed by atoms with van der Waals surface area (Å²) < 4.78 is 37.2. The van der Waals surface area contributed by atoms with Crippen LogP contribution in [-0.4, -0.2) is 45.2 Å². The molecule has 22 heavy (non-hydrogen) atoms. The van der Waals surface area contributed by atoms with E-state index in [0.29, 0.717) is 37.3 Å². The number of rotatable bonds is 3. The molecule has 1 aliphatic carbocycles. The van der Waals surface area contributed by atoms with E-state index in [1.807, 2.05) is 0 Å². The van der Waals surface area contributed by atoms with Gasteiger partial charge in [0.2, 0.25) is 5.95 Å². The van der Waals surface area contributed by atoms with Crippen LogP contribution < -0.4 is 5.32 Å². The Morgan fingerprint density at radius 2 is 2.00 bits per heavy atom. The lowest BCUT2D eigenvalue weighted by Crippen LogP contribution is -2.47. The van der Waals surface area contributed by atoms with Crippen molar-refractivity contribution >= 4 is 12.0 Å². The van der Waals surface area contributed by atoms with Crippen molar-refractivity contribution < 1.29 is 23.1 Å². The lowest BCUT2D eigenvalue weighted by atomic mass is 10.0. The average Bonchev–Trinajstić information content (AvgIpc) is 3.21. The van der Waals surface area contributed by atoms with Crippen molar-refractivity contribution in [2.24, 2.45) is 11.8 Å². The maximum absolute atomic E-state index is 12.4. The molecule has 2 N–H and O–H groups in total. The fourth-order valence-corrected chi connectivity index (χ4v) is 2.90. The molecule has 3 rings (SSSR count). The minimum absolute atomic E-state index is 0.0660. The summed E-state index contributed by atoms with van der Waals surface area (Å²) in [5.74, 6) is 1.10. The first-order chi connectivity index (χ1) is 10.3. The number of halogens is 3. The lowest BCUT2D eigenvalue weighted by molar-refractivity contribution is -0.138. The highest BCUT2D eigenvalue weighted by Gasteiger charge is 2.47. The number of alkyl halides is 3. The lowest BCUT2D eigenvalue weighted by Gasteiger charge is -2.33. The van der Waals surface area contributed by atoms with E-state index in [-0.39, 0.29) is 12.0 Å². The number of likely N-dealkylation sites (tertiary alicyclic amines) is 1. The summed E-state index contributed by atoms with van der Waals surface area (Å²) in [6.45, 7) is 0.821. The standard InChI is InChI=1S/C13H15F3N4O2/c14-13(15,16)9-3-17-11(18-4-9)19-5-10-2-7-1-8(7)6-20(10)12(21)22/h3-4,7-8,10H,1-2,5-6H2,(H,21,22)(H,17,18,19). The predicted octanol–water partition coefficient (Wildman–Crippen LogP) is 2.30. The van der Waals surface area contributed by atoms with E-state index >= 15 is 0 Å². The second-order valence-electron chi connectivity index (χ2n) is 5.75. The monoisotopic (exact) mass is 316 g/mol. The second kappa shape index (κ2) is 5.29. The van der Waals surface area contributed by atoms with Gasteiger partial charge >= 0.3 is 12.3 Å². The van der Waals surface area contributed by atoms with E-state index in [4.69, 9.17) is 0 Å². The Balaban J connectivity index is 1.60. The fraction of sp³-hybridized carbons (Fsp3) is 0.615. The first-order valence-corrected chi connectivity index (χ1v) is 6.97. The van der Waals surface area contributed by atoms with E-state index in [1.165, 1.54) is 4.90 Å². The molecule has 2 fully saturated rings. The molecule has 0 bridgehead atoms. The summed E-state index contributed by atoms with van der Waals surface area (Å²) in [5, 5.41) is 12.0. The number of hydrogen-bond acceptors (Lipinski definition) is 4. The van der Waals surface area contributed by atoms with Crippen LogP contribution in [0.5, 0.6) is 0 Å². The zero-order chi connectivity index (χ0) is 15.9. The van der Waals surface area contributed by atoms with Crippen molar-refractivity contribution in [2.75, 3.05) is 18.4 Å². The highest BCUT2D eigenvalue weighted by Crippen LogP contribution is 2.47. The highest BCUT2D eigenvalue weighted by molar-refractivity contribution is 5.66.